The summed E-state index contributed by atoms with van der Waals surface area (Å²) in [6.45, 7) is 0. The number of hydrazine groups is 1. The van der Waals surface area contributed by atoms with Crippen LogP contribution in [0, 0.1) is 12.3 Å². The normalized spacial score (nSPS) is 13.4. The molecule has 0 aromatic rings. The standard InChI is InChI=1S/C4H6F2N2/c1-2-3(8-7)4(5)6/h1,3-4,8H,7H2. The van der Waals surface area contributed by atoms with Crippen molar-refractivity contribution in [3.8, 4) is 12.3 Å². The smallest absolute Gasteiger partial charge is 0.265 e. The molecule has 0 amide bonds. The van der Waals surface area contributed by atoms with E-state index in [1.54, 1.807) is 11.3 Å². The molecule has 0 rings (SSSR count). The zero-order valence-corrected chi connectivity index (χ0v) is 4.07. The van der Waals surface area contributed by atoms with E-state index in [0.29, 0.717) is 0 Å². The minimum Gasteiger partial charge on any atom is -0.270 e. The van der Waals surface area contributed by atoms with Gasteiger partial charge in [0.1, 0.15) is 6.04 Å². The first-order valence-electron chi connectivity index (χ1n) is 1.92. The Morgan fingerprint density at radius 3 is 2.12 bits per heavy atom. The summed E-state index contributed by atoms with van der Waals surface area (Å²) in [5, 5.41) is 0. The second kappa shape index (κ2) is 3.36. The number of hydrogen-bond acceptors (Lipinski definition) is 2. The molecular weight excluding hydrogens is 114 g/mol. The first-order valence-corrected chi connectivity index (χ1v) is 1.92. The third kappa shape index (κ3) is 1.87. The lowest BCUT2D eigenvalue weighted by Crippen LogP contribution is -2.39. The predicted octanol–water partition coefficient (Wildman–Crippen LogP) is -0.283. The summed E-state index contributed by atoms with van der Waals surface area (Å²) >= 11 is 0. The molecule has 1 unspecified atom stereocenters. The maximum atomic E-state index is 11.4. The second-order valence-corrected chi connectivity index (χ2v) is 1.15. The third-order valence-electron chi connectivity index (χ3n) is 0.611. The molecule has 0 saturated carbocycles. The summed E-state index contributed by atoms with van der Waals surface area (Å²) in [7, 11) is 0. The molecule has 0 aliphatic carbocycles. The molecule has 0 heterocycles. The lowest BCUT2D eigenvalue weighted by molar-refractivity contribution is 0.122. The number of terminal acetylenes is 1. The summed E-state index contributed by atoms with van der Waals surface area (Å²) in [6, 6.07) is -1.32. The average Bonchev–Trinajstić information content (AvgIpc) is 1.69. The molecule has 0 aliphatic rings. The van der Waals surface area contributed by atoms with Crippen LogP contribution < -0.4 is 11.3 Å². The van der Waals surface area contributed by atoms with Gasteiger partial charge in [-0.25, -0.2) is 14.2 Å². The van der Waals surface area contributed by atoms with Crippen molar-refractivity contribution in [2.75, 3.05) is 0 Å². The number of halogens is 2. The highest BCUT2D eigenvalue weighted by Crippen LogP contribution is 1.96. The fraction of sp³-hybridized carbons (Fsp3) is 0.500. The van der Waals surface area contributed by atoms with E-state index in [4.69, 9.17) is 0 Å². The highest BCUT2D eigenvalue weighted by Gasteiger charge is 2.13. The topological polar surface area (TPSA) is 38.0 Å². The van der Waals surface area contributed by atoms with Crippen LogP contribution in [-0.2, 0) is 0 Å². The van der Waals surface area contributed by atoms with Gasteiger partial charge in [-0.05, 0) is 0 Å². The van der Waals surface area contributed by atoms with Gasteiger partial charge in [0.15, 0.2) is 0 Å². The number of alkyl halides is 2. The molecule has 0 fully saturated rings. The van der Waals surface area contributed by atoms with E-state index in [-0.39, 0.29) is 0 Å². The van der Waals surface area contributed by atoms with Crippen LogP contribution in [-0.4, -0.2) is 12.5 Å². The highest BCUT2D eigenvalue weighted by atomic mass is 19.3. The second-order valence-electron chi connectivity index (χ2n) is 1.15. The van der Waals surface area contributed by atoms with E-state index in [1.165, 1.54) is 0 Å². The molecule has 8 heavy (non-hydrogen) atoms. The molecule has 0 spiro atoms. The molecule has 0 bridgehead atoms. The highest BCUT2D eigenvalue weighted by molar-refractivity contribution is 4.98. The number of rotatable bonds is 2. The van der Waals surface area contributed by atoms with Crippen LogP contribution in [0.15, 0.2) is 0 Å². The molecule has 46 valence electrons. The van der Waals surface area contributed by atoms with Crippen molar-refractivity contribution in [2.24, 2.45) is 5.84 Å². The minimum atomic E-state index is -2.59. The van der Waals surface area contributed by atoms with E-state index in [0.717, 1.165) is 0 Å². The zero-order chi connectivity index (χ0) is 6.57. The summed E-state index contributed by atoms with van der Waals surface area (Å²) < 4.78 is 22.8. The fourth-order valence-electron chi connectivity index (χ4n) is 0.194. The van der Waals surface area contributed by atoms with E-state index in [1.807, 2.05) is 0 Å². The van der Waals surface area contributed by atoms with Gasteiger partial charge in [-0.15, -0.1) is 6.42 Å². The Balaban J connectivity index is 3.57. The van der Waals surface area contributed by atoms with Gasteiger partial charge in [-0.1, -0.05) is 5.92 Å². The van der Waals surface area contributed by atoms with Crippen molar-refractivity contribution in [1.82, 2.24) is 5.43 Å². The van der Waals surface area contributed by atoms with Crippen molar-refractivity contribution in [3.63, 3.8) is 0 Å². The Hall–Kier alpha value is -0.660. The summed E-state index contributed by atoms with van der Waals surface area (Å²) in [5.41, 5.74) is 1.77. The van der Waals surface area contributed by atoms with Gasteiger partial charge in [0.25, 0.3) is 6.43 Å². The van der Waals surface area contributed by atoms with E-state index in [2.05, 4.69) is 12.3 Å². The van der Waals surface area contributed by atoms with Gasteiger partial charge in [-0.2, -0.15) is 0 Å². The maximum Gasteiger partial charge on any atom is 0.265 e. The van der Waals surface area contributed by atoms with Crippen molar-refractivity contribution >= 4 is 0 Å². The van der Waals surface area contributed by atoms with E-state index >= 15 is 0 Å². The molecule has 4 heteroatoms. The molecule has 3 N–H and O–H groups in total. The van der Waals surface area contributed by atoms with Gasteiger partial charge >= 0.3 is 0 Å². The Kier molecular flexibility index (Phi) is 3.08. The lowest BCUT2D eigenvalue weighted by Gasteiger charge is -2.04. The number of nitrogens with one attached hydrogen (secondary N) is 1. The van der Waals surface area contributed by atoms with E-state index < -0.39 is 12.5 Å². The van der Waals surface area contributed by atoms with Gasteiger partial charge in [0.2, 0.25) is 0 Å². The summed E-state index contributed by atoms with van der Waals surface area (Å²) in [4.78, 5) is 0. The predicted molar refractivity (Wildman–Crippen MR) is 25.9 cm³/mol. The molecule has 0 aromatic carbocycles. The molecule has 2 nitrogen and oxygen atoms in total. The SMILES string of the molecule is C#CC(NN)C(F)F. The van der Waals surface area contributed by atoms with Crippen LogP contribution in [0.5, 0.6) is 0 Å². The van der Waals surface area contributed by atoms with Crippen LogP contribution in [0.2, 0.25) is 0 Å². The van der Waals surface area contributed by atoms with Gasteiger partial charge in [0, 0.05) is 0 Å². The molecule has 0 saturated heterocycles. The largest absolute Gasteiger partial charge is 0.270 e. The molecule has 1 atom stereocenters. The number of nitrogens with two attached hydrogens (primary N) is 1. The first-order chi connectivity index (χ1) is 3.72. The van der Waals surface area contributed by atoms with Crippen LogP contribution >= 0.6 is 0 Å². The number of hydrogen-bond donors (Lipinski definition) is 2. The average molecular weight is 120 g/mol. The van der Waals surface area contributed by atoms with Crippen LogP contribution in [0.1, 0.15) is 0 Å². The first kappa shape index (κ1) is 7.34. The van der Waals surface area contributed by atoms with Crippen molar-refractivity contribution < 1.29 is 8.78 Å². The summed E-state index contributed by atoms with van der Waals surface area (Å²) in [5.74, 6) is 6.38. The lowest BCUT2D eigenvalue weighted by atomic mass is 10.3. The molecule has 0 aliphatic heterocycles. The minimum absolute atomic E-state index is 1.32. The fourth-order valence-corrected chi connectivity index (χ4v) is 0.194. The molecule has 0 aromatic heterocycles. The Labute approximate surface area is 46.0 Å². The van der Waals surface area contributed by atoms with Gasteiger partial charge < -0.3 is 0 Å². The monoisotopic (exact) mass is 120 g/mol. The maximum absolute atomic E-state index is 11.4. The van der Waals surface area contributed by atoms with Crippen molar-refractivity contribution in [1.29, 1.82) is 0 Å². The van der Waals surface area contributed by atoms with Gasteiger partial charge in [0.05, 0.1) is 0 Å². The third-order valence-corrected chi connectivity index (χ3v) is 0.611. The van der Waals surface area contributed by atoms with E-state index in [9.17, 15) is 8.78 Å². The molecule has 0 radical (unpaired) electrons. The van der Waals surface area contributed by atoms with Crippen molar-refractivity contribution in [3.05, 3.63) is 0 Å². The van der Waals surface area contributed by atoms with Gasteiger partial charge in [-0.3, -0.25) is 5.84 Å². The van der Waals surface area contributed by atoms with Crippen LogP contribution in [0.3, 0.4) is 0 Å². The quantitative estimate of drug-likeness (QED) is 0.299. The van der Waals surface area contributed by atoms with Crippen molar-refractivity contribution in [2.45, 2.75) is 12.5 Å². The molecular formula is C4H6F2N2. The Bertz CT molecular complexity index is 96.7. The van der Waals surface area contributed by atoms with Crippen LogP contribution in [0.4, 0.5) is 8.78 Å². The summed E-state index contributed by atoms with van der Waals surface area (Å²) in [6.07, 6.45) is 2.02. The van der Waals surface area contributed by atoms with Crippen LogP contribution in [0.25, 0.3) is 0 Å². The Morgan fingerprint density at radius 2 is 2.12 bits per heavy atom. The zero-order valence-electron chi connectivity index (χ0n) is 4.07. The Morgan fingerprint density at radius 1 is 1.62 bits per heavy atom.